The van der Waals surface area contributed by atoms with Gasteiger partial charge in [0.1, 0.15) is 0 Å². The summed E-state index contributed by atoms with van der Waals surface area (Å²) in [6.07, 6.45) is 6.70. The Morgan fingerprint density at radius 2 is 1.74 bits per heavy atom. The van der Waals surface area contributed by atoms with E-state index in [9.17, 15) is 16.8 Å². The van der Waals surface area contributed by atoms with E-state index in [1.54, 1.807) is 23.3 Å². The zero-order chi connectivity index (χ0) is 17.1. The highest BCUT2D eigenvalue weighted by Crippen LogP contribution is 2.15. The van der Waals surface area contributed by atoms with Crippen LogP contribution in [0.1, 0.15) is 13.3 Å². The molecule has 2 aromatic rings. The highest BCUT2D eigenvalue weighted by Gasteiger charge is 2.20. The molecule has 126 valence electrons. The van der Waals surface area contributed by atoms with Crippen LogP contribution in [0.5, 0.6) is 0 Å². The number of rotatable bonds is 7. The molecule has 0 amide bonds. The van der Waals surface area contributed by atoms with E-state index in [-0.39, 0.29) is 15.8 Å². The highest BCUT2D eigenvalue weighted by atomic mass is 32.2. The van der Waals surface area contributed by atoms with Gasteiger partial charge in [-0.1, -0.05) is 6.92 Å². The number of hydrogen-bond acceptors (Lipinski definition) is 5. The van der Waals surface area contributed by atoms with Crippen LogP contribution in [0.15, 0.2) is 52.8 Å². The summed E-state index contributed by atoms with van der Waals surface area (Å²) in [7, 11) is -7.07. The third-order valence-electron chi connectivity index (χ3n) is 3.37. The first kappa shape index (κ1) is 17.6. The molecule has 1 N–H and O–H groups in total. The summed E-state index contributed by atoms with van der Waals surface area (Å²) in [5.74, 6) is 0. The molecule has 0 saturated heterocycles. The summed E-state index contributed by atoms with van der Waals surface area (Å²) in [4.78, 5) is 4.05. The molecule has 0 spiro atoms. The van der Waals surface area contributed by atoms with Gasteiger partial charge in [0.2, 0.25) is 10.0 Å². The number of imidazole rings is 1. The smallest absolute Gasteiger partial charge is 0.240 e. The van der Waals surface area contributed by atoms with Crippen LogP contribution in [0.3, 0.4) is 0 Å². The topological polar surface area (TPSA) is 98.1 Å². The SMILES string of the molecule is CC[C@H](Cn1ccnc1)NS(=O)(=O)c1ccc(S(C)(=O)=O)cc1. The zero-order valence-electron chi connectivity index (χ0n) is 12.9. The average Bonchev–Trinajstić information content (AvgIpc) is 2.98. The van der Waals surface area contributed by atoms with Gasteiger partial charge >= 0.3 is 0 Å². The fraction of sp³-hybridized carbons (Fsp3) is 0.357. The molecule has 0 saturated carbocycles. The van der Waals surface area contributed by atoms with Crippen molar-refractivity contribution in [1.29, 1.82) is 0 Å². The Kier molecular flexibility index (Phi) is 5.23. The summed E-state index contributed by atoms with van der Waals surface area (Å²) in [5.41, 5.74) is 0. The van der Waals surface area contributed by atoms with Crippen LogP contribution in [0, 0.1) is 0 Å². The maximum Gasteiger partial charge on any atom is 0.240 e. The number of sulfonamides is 1. The van der Waals surface area contributed by atoms with Crippen molar-refractivity contribution in [2.45, 2.75) is 35.7 Å². The second kappa shape index (κ2) is 6.81. The van der Waals surface area contributed by atoms with E-state index >= 15 is 0 Å². The molecule has 0 radical (unpaired) electrons. The van der Waals surface area contributed by atoms with Gasteiger partial charge in [-0.2, -0.15) is 0 Å². The first-order valence-corrected chi connectivity index (χ1v) is 10.4. The van der Waals surface area contributed by atoms with E-state index in [0.29, 0.717) is 13.0 Å². The molecule has 0 bridgehead atoms. The van der Waals surface area contributed by atoms with Gasteiger partial charge in [0.25, 0.3) is 0 Å². The van der Waals surface area contributed by atoms with E-state index in [2.05, 4.69) is 9.71 Å². The van der Waals surface area contributed by atoms with Crippen LogP contribution in [0.25, 0.3) is 0 Å². The molecule has 0 fully saturated rings. The second-order valence-electron chi connectivity index (χ2n) is 5.23. The minimum Gasteiger partial charge on any atom is -0.336 e. The van der Waals surface area contributed by atoms with Gasteiger partial charge in [-0.05, 0) is 30.7 Å². The van der Waals surface area contributed by atoms with Crippen LogP contribution >= 0.6 is 0 Å². The molecule has 23 heavy (non-hydrogen) atoms. The minimum atomic E-state index is -3.72. The fourth-order valence-electron chi connectivity index (χ4n) is 2.05. The lowest BCUT2D eigenvalue weighted by atomic mass is 10.2. The summed E-state index contributed by atoms with van der Waals surface area (Å²) < 4.78 is 52.1. The largest absolute Gasteiger partial charge is 0.336 e. The van der Waals surface area contributed by atoms with Crippen molar-refractivity contribution in [2.75, 3.05) is 6.26 Å². The Morgan fingerprint density at radius 3 is 2.22 bits per heavy atom. The van der Waals surface area contributed by atoms with Gasteiger partial charge in [-0.25, -0.2) is 26.5 Å². The average molecular weight is 357 g/mol. The van der Waals surface area contributed by atoms with Gasteiger partial charge in [0.05, 0.1) is 16.1 Å². The van der Waals surface area contributed by atoms with Gasteiger partial charge < -0.3 is 4.57 Å². The molecule has 0 unspecified atom stereocenters. The lowest BCUT2D eigenvalue weighted by Crippen LogP contribution is -2.37. The Labute approximate surface area is 136 Å². The Hall–Kier alpha value is -1.71. The quantitative estimate of drug-likeness (QED) is 0.798. The molecule has 0 aliphatic rings. The van der Waals surface area contributed by atoms with E-state index in [4.69, 9.17) is 0 Å². The zero-order valence-corrected chi connectivity index (χ0v) is 14.5. The monoisotopic (exact) mass is 357 g/mol. The standard InChI is InChI=1S/C14H19N3O4S2/c1-3-12(10-17-9-8-15-11-17)16-23(20,21)14-6-4-13(5-7-14)22(2,18)19/h4-9,11-12,16H,3,10H2,1-2H3/t12-/m1/s1. The van der Waals surface area contributed by atoms with E-state index in [1.807, 2.05) is 6.92 Å². The summed E-state index contributed by atoms with van der Waals surface area (Å²) in [6.45, 7) is 2.36. The molecular weight excluding hydrogens is 338 g/mol. The summed E-state index contributed by atoms with van der Waals surface area (Å²) in [6, 6.07) is 4.89. The van der Waals surface area contributed by atoms with Crippen LogP contribution in [-0.2, 0) is 26.4 Å². The van der Waals surface area contributed by atoms with E-state index in [0.717, 1.165) is 6.26 Å². The maximum atomic E-state index is 12.4. The molecule has 2 rings (SSSR count). The number of aromatic nitrogens is 2. The Balaban J connectivity index is 2.17. The van der Waals surface area contributed by atoms with Gasteiger partial charge in [0, 0.05) is 31.2 Å². The summed E-state index contributed by atoms with van der Waals surface area (Å²) in [5, 5.41) is 0. The molecule has 1 aromatic carbocycles. The van der Waals surface area contributed by atoms with Crippen LogP contribution in [-0.4, -0.2) is 38.7 Å². The summed E-state index contributed by atoms with van der Waals surface area (Å²) >= 11 is 0. The highest BCUT2D eigenvalue weighted by molar-refractivity contribution is 7.90. The Bertz CT molecular complexity index is 842. The fourth-order valence-corrected chi connectivity index (χ4v) is 3.99. The third kappa shape index (κ3) is 4.63. The minimum absolute atomic E-state index is 0.0361. The first-order valence-electron chi connectivity index (χ1n) is 7.00. The van der Waals surface area contributed by atoms with Crippen molar-refractivity contribution in [2.24, 2.45) is 0 Å². The molecule has 1 atom stereocenters. The lowest BCUT2D eigenvalue weighted by Gasteiger charge is -2.17. The van der Waals surface area contributed by atoms with Crippen molar-refractivity contribution < 1.29 is 16.8 Å². The van der Waals surface area contributed by atoms with Crippen LogP contribution < -0.4 is 4.72 Å². The van der Waals surface area contributed by atoms with Crippen LogP contribution in [0.2, 0.25) is 0 Å². The molecule has 1 aromatic heterocycles. The predicted molar refractivity (Wildman–Crippen MR) is 86.2 cm³/mol. The van der Waals surface area contributed by atoms with Crippen molar-refractivity contribution in [3.05, 3.63) is 43.0 Å². The first-order chi connectivity index (χ1) is 10.7. The van der Waals surface area contributed by atoms with Crippen LogP contribution in [0.4, 0.5) is 0 Å². The predicted octanol–water partition coefficient (Wildman–Crippen LogP) is 1.04. The van der Waals surface area contributed by atoms with E-state index in [1.165, 1.54) is 24.3 Å². The maximum absolute atomic E-state index is 12.4. The van der Waals surface area contributed by atoms with Crippen molar-refractivity contribution in [3.8, 4) is 0 Å². The van der Waals surface area contributed by atoms with Crippen molar-refractivity contribution in [3.63, 3.8) is 0 Å². The molecule has 0 aliphatic carbocycles. The molecule has 0 aliphatic heterocycles. The van der Waals surface area contributed by atoms with E-state index < -0.39 is 19.9 Å². The number of sulfone groups is 1. The lowest BCUT2D eigenvalue weighted by molar-refractivity contribution is 0.485. The normalized spacial score (nSPS) is 13.8. The Morgan fingerprint density at radius 1 is 1.13 bits per heavy atom. The number of hydrogen-bond donors (Lipinski definition) is 1. The second-order valence-corrected chi connectivity index (χ2v) is 8.96. The molecule has 1 heterocycles. The van der Waals surface area contributed by atoms with Crippen molar-refractivity contribution >= 4 is 19.9 Å². The van der Waals surface area contributed by atoms with Gasteiger partial charge in [-0.3, -0.25) is 0 Å². The third-order valence-corrected chi connectivity index (χ3v) is 6.03. The van der Waals surface area contributed by atoms with Crippen molar-refractivity contribution in [1.82, 2.24) is 14.3 Å². The molecule has 9 heteroatoms. The molecule has 7 nitrogen and oxygen atoms in total. The van der Waals surface area contributed by atoms with Gasteiger partial charge in [0.15, 0.2) is 9.84 Å². The number of nitrogens with zero attached hydrogens (tertiary/aromatic N) is 2. The number of benzene rings is 1. The van der Waals surface area contributed by atoms with Gasteiger partial charge in [-0.15, -0.1) is 0 Å². The number of nitrogens with one attached hydrogen (secondary N) is 1. The molecular formula is C14H19N3O4S2.